The molecule has 1 saturated carbocycles. The van der Waals surface area contributed by atoms with Crippen LogP contribution >= 0.6 is 0 Å². The van der Waals surface area contributed by atoms with Crippen LogP contribution in [0.25, 0.3) is 0 Å². The van der Waals surface area contributed by atoms with Crippen molar-refractivity contribution in [2.24, 2.45) is 5.92 Å². The molecule has 0 unspecified atom stereocenters. The van der Waals surface area contributed by atoms with E-state index in [0.717, 1.165) is 24.2 Å². The molecule has 2 aliphatic rings. The summed E-state index contributed by atoms with van der Waals surface area (Å²) in [6.45, 7) is 5.57. The van der Waals surface area contributed by atoms with Gasteiger partial charge in [0.2, 0.25) is 5.78 Å². The highest BCUT2D eigenvalue weighted by Crippen LogP contribution is 2.38. The van der Waals surface area contributed by atoms with Crippen molar-refractivity contribution >= 4 is 29.5 Å². The van der Waals surface area contributed by atoms with Crippen LogP contribution in [0.3, 0.4) is 0 Å². The lowest BCUT2D eigenvalue weighted by Gasteiger charge is -2.36. The van der Waals surface area contributed by atoms with Gasteiger partial charge >= 0.3 is 12.0 Å². The van der Waals surface area contributed by atoms with E-state index in [-0.39, 0.29) is 17.4 Å². The standard InChI is InChI=1S/C21H27N3O6/c1-11-7-5-6-8-21(11)19(28)24(20(29)23-21)9-16(27)30-10-15(26)18-12(2)17(14(4)25)13(3)22-18/h11,22H,5-10H2,1-4H3,(H,23,29)/t11-,21+/m1/s1. The maximum atomic E-state index is 12.9. The predicted molar refractivity (Wildman–Crippen MR) is 106 cm³/mol. The first-order chi connectivity index (χ1) is 14.1. The molecule has 162 valence electrons. The molecule has 1 aromatic rings. The smallest absolute Gasteiger partial charge is 0.326 e. The number of rotatable bonds is 6. The number of H-pyrrole nitrogens is 1. The van der Waals surface area contributed by atoms with Gasteiger partial charge in [-0.2, -0.15) is 0 Å². The van der Waals surface area contributed by atoms with Crippen molar-refractivity contribution in [3.05, 3.63) is 22.5 Å². The molecule has 3 amide bonds. The Morgan fingerprint density at radius 1 is 1.20 bits per heavy atom. The average molecular weight is 417 g/mol. The van der Waals surface area contributed by atoms with Gasteiger partial charge in [0.25, 0.3) is 5.91 Å². The minimum absolute atomic E-state index is 0.0140. The molecule has 2 fully saturated rings. The molecule has 2 atom stereocenters. The summed E-state index contributed by atoms with van der Waals surface area (Å²) in [7, 11) is 0. The Hall–Kier alpha value is -2.97. The monoisotopic (exact) mass is 417 g/mol. The van der Waals surface area contributed by atoms with Crippen LogP contribution in [0.1, 0.15) is 71.6 Å². The molecule has 30 heavy (non-hydrogen) atoms. The van der Waals surface area contributed by atoms with Crippen molar-refractivity contribution in [2.75, 3.05) is 13.2 Å². The summed E-state index contributed by atoms with van der Waals surface area (Å²) >= 11 is 0. The number of nitrogens with one attached hydrogen (secondary N) is 2. The van der Waals surface area contributed by atoms with Gasteiger partial charge in [0.15, 0.2) is 12.4 Å². The highest BCUT2D eigenvalue weighted by atomic mass is 16.5. The fourth-order valence-electron chi connectivity index (χ4n) is 4.59. The first kappa shape index (κ1) is 21.7. The first-order valence-corrected chi connectivity index (χ1v) is 10.1. The molecule has 1 aromatic heterocycles. The topological polar surface area (TPSA) is 126 Å². The van der Waals surface area contributed by atoms with E-state index in [1.165, 1.54) is 6.92 Å². The van der Waals surface area contributed by atoms with E-state index in [2.05, 4.69) is 10.3 Å². The Kier molecular flexibility index (Phi) is 5.83. The summed E-state index contributed by atoms with van der Waals surface area (Å²) < 4.78 is 5.02. The number of aryl methyl sites for hydroxylation is 1. The van der Waals surface area contributed by atoms with Gasteiger partial charge in [-0.15, -0.1) is 0 Å². The van der Waals surface area contributed by atoms with E-state index in [0.29, 0.717) is 23.2 Å². The molecule has 1 spiro atoms. The Labute approximate surface area is 174 Å². The third kappa shape index (κ3) is 3.64. The van der Waals surface area contributed by atoms with Gasteiger partial charge in [0.05, 0.1) is 5.69 Å². The highest BCUT2D eigenvalue weighted by molar-refractivity contribution is 6.09. The van der Waals surface area contributed by atoms with Gasteiger partial charge in [0.1, 0.15) is 12.1 Å². The zero-order valence-electron chi connectivity index (χ0n) is 17.7. The summed E-state index contributed by atoms with van der Waals surface area (Å²) in [5, 5.41) is 2.77. The molecule has 0 radical (unpaired) electrons. The van der Waals surface area contributed by atoms with Gasteiger partial charge in [-0.3, -0.25) is 24.1 Å². The summed E-state index contributed by atoms with van der Waals surface area (Å²) in [5.41, 5.74) is 0.767. The number of urea groups is 1. The Bertz CT molecular complexity index is 933. The van der Waals surface area contributed by atoms with E-state index in [9.17, 15) is 24.0 Å². The minimum atomic E-state index is -0.951. The number of carbonyl (C=O) groups excluding carboxylic acids is 5. The molecule has 2 N–H and O–H groups in total. The van der Waals surface area contributed by atoms with Gasteiger partial charge in [0, 0.05) is 11.3 Å². The van der Waals surface area contributed by atoms with E-state index >= 15 is 0 Å². The van der Waals surface area contributed by atoms with Gasteiger partial charge in [-0.1, -0.05) is 19.8 Å². The molecule has 1 aliphatic carbocycles. The van der Waals surface area contributed by atoms with E-state index < -0.39 is 42.4 Å². The summed E-state index contributed by atoms with van der Waals surface area (Å²) in [6, 6.07) is -0.612. The second kappa shape index (κ2) is 8.04. The minimum Gasteiger partial charge on any atom is -0.456 e. The molecule has 9 heteroatoms. The molecule has 3 rings (SSSR count). The molecule has 9 nitrogen and oxygen atoms in total. The molecule has 1 aliphatic heterocycles. The van der Waals surface area contributed by atoms with Crippen LogP contribution in [0.4, 0.5) is 4.79 Å². The normalized spacial score (nSPS) is 23.6. The Balaban J connectivity index is 1.62. The summed E-state index contributed by atoms with van der Waals surface area (Å²) in [5.74, 6) is -1.93. The van der Waals surface area contributed by atoms with Crippen LogP contribution in [0.15, 0.2) is 0 Å². The highest BCUT2D eigenvalue weighted by Gasteiger charge is 2.55. The third-order valence-corrected chi connectivity index (χ3v) is 6.22. The molecule has 2 heterocycles. The quantitative estimate of drug-likeness (QED) is 0.415. The molecule has 1 saturated heterocycles. The average Bonchev–Trinajstić information content (AvgIpc) is 3.10. The molecule has 0 bridgehead atoms. The van der Waals surface area contributed by atoms with Crippen molar-refractivity contribution < 1.29 is 28.7 Å². The van der Waals surface area contributed by atoms with E-state index in [4.69, 9.17) is 4.74 Å². The van der Waals surface area contributed by atoms with Crippen molar-refractivity contribution in [3.8, 4) is 0 Å². The number of hydrogen-bond donors (Lipinski definition) is 2. The number of nitrogens with zero attached hydrogens (tertiary/aromatic N) is 1. The van der Waals surface area contributed by atoms with Crippen LogP contribution in [0.5, 0.6) is 0 Å². The zero-order valence-corrected chi connectivity index (χ0v) is 17.7. The Morgan fingerprint density at radius 2 is 1.90 bits per heavy atom. The van der Waals surface area contributed by atoms with Crippen molar-refractivity contribution in [1.82, 2.24) is 15.2 Å². The largest absolute Gasteiger partial charge is 0.456 e. The van der Waals surface area contributed by atoms with Crippen molar-refractivity contribution in [1.29, 1.82) is 0 Å². The van der Waals surface area contributed by atoms with Crippen LogP contribution < -0.4 is 5.32 Å². The van der Waals surface area contributed by atoms with Gasteiger partial charge in [-0.25, -0.2) is 4.79 Å². The number of aromatic nitrogens is 1. The van der Waals surface area contributed by atoms with E-state index in [1.807, 2.05) is 6.92 Å². The fourth-order valence-corrected chi connectivity index (χ4v) is 4.59. The first-order valence-electron chi connectivity index (χ1n) is 10.1. The lowest BCUT2D eigenvalue weighted by Crippen LogP contribution is -2.54. The maximum absolute atomic E-state index is 12.9. The molecular weight excluding hydrogens is 390 g/mol. The maximum Gasteiger partial charge on any atom is 0.326 e. The van der Waals surface area contributed by atoms with E-state index in [1.54, 1.807) is 13.8 Å². The van der Waals surface area contributed by atoms with Crippen LogP contribution in [-0.4, -0.2) is 58.0 Å². The SMILES string of the molecule is CC(=O)c1c(C)[nH]c(C(=O)COC(=O)CN2C(=O)N[C@]3(CCCC[C@H]3C)C2=O)c1C. The number of amides is 3. The second-order valence-electron chi connectivity index (χ2n) is 8.20. The van der Waals surface area contributed by atoms with Crippen molar-refractivity contribution in [2.45, 2.75) is 58.9 Å². The summed E-state index contributed by atoms with van der Waals surface area (Å²) in [4.78, 5) is 65.3. The summed E-state index contributed by atoms with van der Waals surface area (Å²) in [6.07, 6.45) is 3.21. The second-order valence-corrected chi connectivity index (χ2v) is 8.20. The number of ether oxygens (including phenoxy) is 1. The number of hydrogen-bond acceptors (Lipinski definition) is 6. The lowest BCUT2D eigenvalue weighted by molar-refractivity contribution is -0.147. The number of aromatic amines is 1. The van der Waals surface area contributed by atoms with Gasteiger partial charge in [-0.05, 0) is 45.1 Å². The van der Waals surface area contributed by atoms with Crippen molar-refractivity contribution in [3.63, 3.8) is 0 Å². The molecular formula is C21H27N3O6. The van der Waals surface area contributed by atoms with Gasteiger partial charge < -0.3 is 15.0 Å². The number of Topliss-reactive ketones (excluding diaryl/α,β-unsaturated/α-hetero) is 2. The predicted octanol–water partition coefficient (Wildman–Crippen LogP) is 2.06. The lowest BCUT2D eigenvalue weighted by atomic mass is 9.73. The number of ketones is 2. The zero-order chi connectivity index (χ0) is 22.2. The number of esters is 1. The fraction of sp³-hybridized carbons (Fsp3) is 0.571. The third-order valence-electron chi connectivity index (χ3n) is 6.22. The number of imide groups is 1. The van der Waals surface area contributed by atoms with Crippen LogP contribution in [-0.2, 0) is 14.3 Å². The Morgan fingerprint density at radius 3 is 2.50 bits per heavy atom. The molecule has 0 aromatic carbocycles. The number of carbonyl (C=O) groups is 5. The van der Waals surface area contributed by atoms with Crippen LogP contribution in [0, 0.1) is 19.8 Å². The van der Waals surface area contributed by atoms with Crippen LogP contribution in [0.2, 0.25) is 0 Å².